The van der Waals surface area contributed by atoms with Crippen LogP contribution in [0.4, 0.5) is 0 Å². The SMILES string of the molecule is COc1ccc2[nH]c(=O)c(CN(C(C)=O)C3CCCC3)cc2c1. The van der Waals surface area contributed by atoms with Crippen LogP contribution in [0.1, 0.15) is 38.2 Å². The van der Waals surface area contributed by atoms with Crippen LogP contribution in [0.3, 0.4) is 0 Å². The number of hydrogen-bond acceptors (Lipinski definition) is 3. The van der Waals surface area contributed by atoms with E-state index in [0.717, 1.165) is 42.3 Å². The van der Waals surface area contributed by atoms with Gasteiger partial charge in [-0.2, -0.15) is 0 Å². The lowest BCUT2D eigenvalue weighted by molar-refractivity contribution is -0.131. The molecule has 1 fully saturated rings. The molecule has 1 amide bonds. The fourth-order valence-corrected chi connectivity index (χ4v) is 3.37. The quantitative estimate of drug-likeness (QED) is 0.944. The van der Waals surface area contributed by atoms with Crippen molar-refractivity contribution in [2.45, 2.75) is 45.2 Å². The highest BCUT2D eigenvalue weighted by atomic mass is 16.5. The summed E-state index contributed by atoms with van der Waals surface area (Å²) in [5.41, 5.74) is 1.26. The number of fused-ring (bicyclic) bond motifs is 1. The van der Waals surface area contributed by atoms with Gasteiger partial charge in [0, 0.05) is 29.4 Å². The summed E-state index contributed by atoms with van der Waals surface area (Å²) in [4.78, 5) is 29.1. The average molecular weight is 314 g/mol. The van der Waals surface area contributed by atoms with Gasteiger partial charge >= 0.3 is 0 Å². The van der Waals surface area contributed by atoms with E-state index < -0.39 is 0 Å². The molecule has 0 spiro atoms. The molecule has 1 aromatic carbocycles. The minimum Gasteiger partial charge on any atom is -0.497 e. The van der Waals surface area contributed by atoms with Crippen molar-refractivity contribution >= 4 is 16.8 Å². The molecule has 1 heterocycles. The maximum absolute atomic E-state index is 12.3. The Hall–Kier alpha value is -2.30. The molecule has 0 bridgehead atoms. The fraction of sp³-hybridized carbons (Fsp3) is 0.444. The highest BCUT2D eigenvalue weighted by Gasteiger charge is 2.25. The Morgan fingerprint density at radius 1 is 1.30 bits per heavy atom. The monoisotopic (exact) mass is 314 g/mol. The van der Waals surface area contributed by atoms with Gasteiger partial charge in [-0.1, -0.05) is 12.8 Å². The number of nitrogens with one attached hydrogen (secondary N) is 1. The first-order valence-electron chi connectivity index (χ1n) is 8.05. The fourth-order valence-electron chi connectivity index (χ4n) is 3.37. The lowest BCUT2D eigenvalue weighted by Gasteiger charge is -2.27. The van der Waals surface area contributed by atoms with Gasteiger partial charge in [-0.15, -0.1) is 0 Å². The largest absolute Gasteiger partial charge is 0.497 e. The number of pyridine rings is 1. The predicted molar refractivity (Wildman–Crippen MR) is 89.6 cm³/mol. The molecular formula is C18H22N2O3. The summed E-state index contributed by atoms with van der Waals surface area (Å²) in [6.07, 6.45) is 4.36. The molecule has 2 aromatic rings. The molecule has 0 radical (unpaired) electrons. The van der Waals surface area contributed by atoms with E-state index in [-0.39, 0.29) is 17.5 Å². The van der Waals surface area contributed by atoms with E-state index in [0.29, 0.717) is 12.1 Å². The molecule has 3 rings (SSSR count). The Balaban J connectivity index is 1.95. The van der Waals surface area contributed by atoms with Crippen LogP contribution in [0, 0.1) is 0 Å². The average Bonchev–Trinajstić information content (AvgIpc) is 3.06. The molecule has 1 aliphatic rings. The summed E-state index contributed by atoms with van der Waals surface area (Å²) < 4.78 is 5.24. The molecule has 122 valence electrons. The topological polar surface area (TPSA) is 62.4 Å². The molecule has 1 N–H and O–H groups in total. The third-order valence-corrected chi connectivity index (χ3v) is 4.64. The number of amides is 1. The summed E-state index contributed by atoms with van der Waals surface area (Å²) in [6, 6.07) is 7.66. The molecule has 1 saturated carbocycles. The van der Waals surface area contributed by atoms with E-state index in [1.807, 2.05) is 29.2 Å². The smallest absolute Gasteiger partial charge is 0.253 e. The van der Waals surface area contributed by atoms with Gasteiger partial charge in [0.25, 0.3) is 5.56 Å². The number of carbonyl (C=O) groups is 1. The minimum absolute atomic E-state index is 0.0297. The van der Waals surface area contributed by atoms with Crippen LogP contribution in [0.5, 0.6) is 5.75 Å². The normalized spacial score (nSPS) is 15.0. The number of hydrogen-bond donors (Lipinski definition) is 1. The summed E-state index contributed by atoms with van der Waals surface area (Å²) in [7, 11) is 1.62. The second kappa shape index (κ2) is 6.44. The van der Waals surface area contributed by atoms with Crippen molar-refractivity contribution in [3.05, 3.63) is 40.2 Å². The standard InChI is InChI=1S/C18H22N2O3/c1-12(21)20(15-5-3-4-6-15)11-14-9-13-10-16(23-2)7-8-17(13)19-18(14)22/h7-10,15H,3-6,11H2,1-2H3,(H,19,22). The number of H-pyrrole nitrogens is 1. The maximum Gasteiger partial charge on any atom is 0.253 e. The van der Waals surface area contributed by atoms with E-state index in [4.69, 9.17) is 4.74 Å². The van der Waals surface area contributed by atoms with Crippen molar-refractivity contribution in [2.24, 2.45) is 0 Å². The number of ether oxygens (including phenoxy) is 1. The third-order valence-electron chi connectivity index (χ3n) is 4.64. The molecule has 0 unspecified atom stereocenters. The Morgan fingerprint density at radius 2 is 2.04 bits per heavy atom. The van der Waals surface area contributed by atoms with Gasteiger partial charge in [0.2, 0.25) is 5.91 Å². The molecule has 5 nitrogen and oxygen atoms in total. The highest BCUT2D eigenvalue weighted by Crippen LogP contribution is 2.25. The third kappa shape index (κ3) is 3.23. The molecule has 5 heteroatoms. The van der Waals surface area contributed by atoms with E-state index in [9.17, 15) is 9.59 Å². The van der Waals surface area contributed by atoms with Crippen molar-refractivity contribution in [1.29, 1.82) is 0 Å². The van der Waals surface area contributed by atoms with Crippen LogP contribution in [-0.2, 0) is 11.3 Å². The summed E-state index contributed by atoms with van der Waals surface area (Å²) in [5, 5.41) is 0.911. The van der Waals surface area contributed by atoms with Gasteiger partial charge in [0.15, 0.2) is 0 Å². The Kier molecular flexibility index (Phi) is 4.37. The number of aromatic amines is 1. The lowest BCUT2D eigenvalue weighted by atomic mass is 10.1. The van der Waals surface area contributed by atoms with E-state index in [1.54, 1.807) is 14.0 Å². The van der Waals surface area contributed by atoms with Crippen molar-refractivity contribution < 1.29 is 9.53 Å². The maximum atomic E-state index is 12.3. The van der Waals surface area contributed by atoms with Gasteiger partial charge in [-0.3, -0.25) is 9.59 Å². The molecule has 23 heavy (non-hydrogen) atoms. The first-order chi connectivity index (χ1) is 11.1. The van der Waals surface area contributed by atoms with E-state index in [2.05, 4.69) is 4.98 Å². The molecule has 0 saturated heterocycles. The van der Waals surface area contributed by atoms with Crippen molar-refractivity contribution in [3.63, 3.8) is 0 Å². The Morgan fingerprint density at radius 3 is 2.70 bits per heavy atom. The number of rotatable bonds is 4. The van der Waals surface area contributed by atoms with Crippen LogP contribution in [0.25, 0.3) is 10.9 Å². The number of aromatic nitrogens is 1. The molecule has 1 aliphatic carbocycles. The zero-order valence-corrected chi connectivity index (χ0v) is 13.6. The summed E-state index contributed by atoms with van der Waals surface area (Å²) >= 11 is 0. The highest BCUT2D eigenvalue weighted by molar-refractivity contribution is 5.80. The number of carbonyl (C=O) groups excluding carboxylic acids is 1. The second-order valence-electron chi connectivity index (χ2n) is 6.16. The van der Waals surface area contributed by atoms with Gasteiger partial charge < -0.3 is 14.6 Å². The first-order valence-corrected chi connectivity index (χ1v) is 8.05. The minimum atomic E-state index is -0.132. The van der Waals surface area contributed by atoms with Crippen LogP contribution in [-0.4, -0.2) is 28.9 Å². The lowest BCUT2D eigenvalue weighted by Crippen LogP contribution is -2.38. The van der Waals surface area contributed by atoms with Crippen LogP contribution >= 0.6 is 0 Å². The zero-order chi connectivity index (χ0) is 16.4. The van der Waals surface area contributed by atoms with Crippen molar-refractivity contribution in [2.75, 3.05) is 7.11 Å². The van der Waals surface area contributed by atoms with Crippen LogP contribution < -0.4 is 10.3 Å². The number of benzene rings is 1. The van der Waals surface area contributed by atoms with E-state index in [1.165, 1.54) is 0 Å². The van der Waals surface area contributed by atoms with Crippen molar-refractivity contribution in [3.8, 4) is 5.75 Å². The summed E-state index contributed by atoms with van der Waals surface area (Å²) in [5.74, 6) is 0.775. The molecule has 0 atom stereocenters. The van der Waals surface area contributed by atoms with E-state index >= 15 is 0 Å². The zero-order valence-electron chi connectivity index (χ0n) is 13.6. The van der Waals surface area contributed by atoms with Crippen LogP contribution in [0.2, 0.25) is 0 Å². The van der Waals surface area contributed by atoms with Gasteiger partial charge in [0.05, 0.1) is 13.7 Å². The Bertz CT molecular complexity index is 775. The Labute approximate surface area is 135 Å². The molecule has 0 aliphatic heterocycles. The predicted octanol–water partition coefficient (Wildman–Crippen LogP) is 2.83. The number of nitrogens with zero attached hydrogens (tertiary/aromatic N) is 1. The van der Waals surface area contributed by atoms with Gasteiger partial charge in [-0.05, 0) is 37.1 Å². The second-order valence-corrected chi connectivity index (χ2v) is 6.16. The van der Waals surface area contributed by atoms with Crippen LogP contribution in [0.15, 0.2) is 29.1 Å². The number of methoxy groups -OCH3 is 1. The van der Waals surface area contributed by atoms with Gasteiger partial charge in [-0.25, -0.2) is 0 Å². The first kappa shape index (κ1) is 15.6. The van der Waals surface area contributed by atoms with Crippen molar-refractivity contribution in [1.82, 2.24) is 9.88 Å². The molecular weight excluding hydrogens is 292 g/mol. The van der Waals surface area contributed by atoms with Gasteiger partial charge in [0.1, 0.15) is 5.75 Å². The summed E-state index contributed by atoms with van der Waals surface area (Å²) in [6.45, 7) is 1.94. The molecule has 1 aromatic heterocycles.